The highest BCUT2D eigenvalue weighted by Gasteiger charge is 2.12. The van der Waals surface area contributed by atoms with Gasteiger partial charge in [-0.3, -0.25) is 4.79 Å². The molecule has 0 unspecified atom stereocenters. The van der Waals surface area contributed by atoms with Crippen LogP contribution in [0.3, 0.4) is 0 Å². The molecule has 0 fully saturated rings. The molecular formula is C13H10O3S. The number of carboxylic acid groups (broad SMARTS) is 1. The van der Waals surface area contributed by atoms with Gasteiger partial charge < -0.3 is 5.11 Å². The number of carboxylic acids is 1. The van der Waals surface area contributed by atoms with E-state index in [9.17, 15) is 9.59 Å². The number of ketones is 1. The van der Waals surface area contributed by atoms with E-state index >= 15 is 0 Å². The molecule has 0 bridgehead atoms. The van der Waals surface area contributed by atoms with Crippen molar-refractivity contribution >= 4 is 23.1 Å². The van der Waals surface area contributed by atoms with E-state index in [1.165, 1.54) is 18.3 Å². The Morgan fingerprint density at radius 2 is 1.82 bits per heavy atom. The fraction of sp³-hybridized carbons (Fsp3) is 0.0769. The zero-order chi connectivity index (χ0) is 12.4. The molecule has 2 aromatic rings. The molecule has 2 rings (SSSR count). The number of thiophene rings is 1. The lowest BCUT2D eigenvalue weighted by molar-refractivity contribution is 0.0702. The third-order valence-corrected chi connectivity index (χ3v) is 3.50. The maximum Gasteiger partial charge on any atom is 0.345 e. The molecule has 0 aliphatic heterocycles. The van der Waals surface area contributed by atoms with Gasteiger partial charge in [0.15, 0.2) is 5.78 Å². The lowest BCUT2D eigenvalue weighted by Crippen LogP contribution is -1.94. The average Bonchev–Trinajstić information content (AvgIpc) is 2.78. The van der Waals surface area contributed by atoms with Crippen LogP contribution in [0.4, 0.5) is 0 Å². The van der Waals surface area contributed by atoms with Gasteiger partial charge in [0.25, 0.3) is 0 Å². The minimum atomic E-state index is -0.943. The zero-order valence-electron chi connectivity index (χ0n) is 9.14. The van der Waals surface area contributed by atoms with Crippen molar-refractivity contribution in [2.24, 2.45) is 0 Å². The summed E-state index contributed by atoms with van der Waals surface area (Å²) in [6.07, 6.45) is 0. The van der Waals surface area contributed by atoms with Crippen molar-refractivity contribution < 1.29 is 14.7 Å². The van der Waals surface area contributed by atoms with Crippen molar-refractivity contribution in [2.45, 2.75) is 6.92 Å². The highest BCUT2D eigenvalue weighted by molar-refractivity contribution is 7.17. The first-order valence-electron chi connectivity index (χ1n) is 5.03. The Morgan fingerprint density at radius 3 is 2.41 bits per heavy atom. The van der Waals surface area contributed by atoms with Crippen molar-refractivity contribution in [2.75, 3.05) is 0 Å². The Kier molecular flexibility index (Phi) is 3.06. The average molecular weight is 246 g/mol. The Balaban J connectivity index is 2.52. The molecule has 1 aromatic heterocycles. The second kappa shape index (κ2) is 4.51. The first-order valence-corrected chi connectivity index (χ1v) is 5.84. The summed E-state index contributed by atoms with van der Waals surface area (Å²) in [4.78, 5) is 23.4. The van der Waals surface area contributed by atoms with Gasteiger partial charge in [0, 0.05) is 16.0 Å². The van der Waals surface area contributed by atoms with Gasteiger partial charge in [-0.15, -0.1) is 11.3 Å². The lowest BCUT2D eigenvalue weighted by Gasteiger charge is -2.03. The van der Waals surface area contributed by atoms with Gasteiger partial charge >= 0.3 is 5.97 Å². The Hall–Kier alpha value is -1.94. The Labute approximate surface area is 102 Å². The van der Waals surface area contributed by atoms with Crippen LogP contribution in [0.2, 0.25) is 0 Å². The van der Waals surface area contributed by atoms with Crippen molar-refractivity contribution in [3.05, 3.63) is 46.8 Å². The highest BCUT2D eigenvalue weighted by atomic mass is 32.1. The predicted octanol–water partition coefficient (Wildman–Crippen LogP) is 3.32. The van der Waals surface area contributed by atoms with E-state index in [1.807, 2.05) is 12.1 Å². The quantitative estimate of drug-likeness (QED) is 0.845. The summed E-state index contributed by atoms with van der Waals surface area (Å²) in [5.41, 5.74) is 1.41. The molecule has 0 saturated heterocycles. The molecule has 1 aromatic carbocycles. The SMILES string of the molecule is CC(=O)c1ccccc1-c1ccc(C(=O)O)s1. The van der Waals surface area contributed by atoms with E-state index in [-0.39, 0.29) is 10.7 Å². The lowest BCUT2D eigenvalue weighted by atomic mass is 10.0. The summed E-state index contributed by atoms with van der Waals surface area (Å²) < 4.78 is 0. The van der Waals surface area contributed by atoms with Crippen molar-refractivity contribution in [1.82, 2.24) is 0 Å². The smallest absolute Gasteiger partial charge is 0.345 e. The van der Waals surface area contributed by atoms with Gasteiger partial charge in [0.2, 0.25) is 0 Å². The van der Waals surface area contributed by atoms with Crippen LogP contribution in [0, 0.1) is 0 Å². The van der Waals surface area contributed by atoms with E-state index in [1.54, 1.807) is 24.3 Å². The molecule has 1 N–H and O–H groups in total. The summed E-state index contributed by atoms with van der Waals surface area (Å²) in [6.45, 7) is 1.50. The number of hydrogen-bond donors (Lipinski definition) is 1. The van der Waals surface area contributed by atoms with Gasteiger partial charge in [-0.25, -0.2) is 4.79 Å². The third-order valence-electron chi connectivity index (χ3n) is 2.39. The molecular weight excluding hydrogens is 236 g/mol. The second-order valence-electron chi connectivity index (χ2n) is 3.57. The molecule has 0 radical (unpaired) electrons. The van der Waals surface area contributed by atoms with Crippen LogP contribution in [0.5, 0.6) is 0 Å². The van der Waals surface area contributed by atoms with Crippen LogP contribution in [-0.2, 0) is 0 Å². The summed E-state index contributed by atoms with van der Waals surface area (Å²) in [5.74, 6) is -0.965. The van der Waals surface area contributed by atoms with Crippen molar-refractivity contribution in [3.8, 4) is 10.4 Å². The van der Waals surface area contributed by atoms with Crippen molar-refractivity contribution in [3.63, 3.8) is 0 Å². The molecule has 4 heteroatoms. The van der Waals surface area contributed by atoms with E-state index < -0.39 is 5.97 Å². The van der Waals surface area contributed by atoms with Crippen LogP contribution in [0.1, 0.15) is 27.0 Å². The fourth-order valence-electron chi connectivity index (χ4n) is 1.60. The summed E-state index contributed by atoms with van der Waals surface area (Å²) >= 11 is 1.17. The maximum absolute atomic E-state index is 11.5. The molecule has 0 aliphatic rings. The van der Waals surface area contributed by atoms with E-state index in [4.69, 9.17) is 5.11 Å². The molecule has 0 amide bonds. The highest BCUT2D eigenvalue weighted by Crippen LogP contribution is 2.30. The molecule has 1 heterocycles. The van der Waals surface area contributed by atoms with Gasteiger partial charge in [-0.1, -0.05) is 24.3 Å². The van der Waals surface area contributed by atoms with Crippen molar-refractivity contribution in [1.29, 1.82) is 0 Å². The minimum Gasteiger partial charge on any atom is -0.477 e. The molecule has 86 valence electrons. The van der Waals surface area contributed by atoms with Crippen LogP contribution in [-0.4, -0.2) is 16.9 Å². The van der Waals surface area contributed by atoms with E-state index in [0.717, 1.165) is 10.4 Å². The molecule has 0 saturated carbocycles. The van der Waals surface area contributed by atoms with Crippen LogP contribution in [0.15, 0.2) is 36.4 Å². The summed E-state index contributed by atoms with van der Waals surface area (Å²) in [7, 11) is 0. The van der Waals surface area contributed by atoms with Gasteiger partial charge in [-0.2, -0.15) is 0 Å². The first kappa shape index (κ1) is 11.5. The standard InChI is InChI=1S/C13H10O3S/c1-8(14)9-4-2-3-5-10(9)11-6-7-12(17-11)13(15)16/h2-7H,1H3,(H,15,16). The van der Waals surface area contributed by atoms with Gasteiger partial charge in [0.1, 0.15) is 4.88 Å². The molecule has 0 aliphatic carbocycles. The van der Waals surface area contributed by atoms with Gasteiger partial charge in [0.05, 0.1) is 0 Å². The number of carbonyl (C=O) groups is 2. The minimum absolute atomic E-state index is 0.0223. The predicted molar refractivity (Wildman–Crippen MR) is 66.7 cm³/mol. The fourth-order valence-corrected chi connectivity index (χ4v) is 2.49. The molecule has 0 spiro atoms. The monoisotopic (exact) mass is 246 g/mol. The first-order chi connectivity index (χ1) is 8.09. The number of rotatable bonds is 3. The Morgan fingerprint density at radius 1 is 1.12 bits per heavy atom. The van der Waals surface area contributed by atoms with Gasteiger partial charge in [-0.05, 0) is 19.1 Å². The number of hydrogen-bond acceptors (Lipinski definition) is 3. The third kappa shape index (κ3) is 2.26. The van der Waals surface area contributed by atoms with Crippen LogP contribution in [0.25, 0.3) is 10.4 Å². The number of aromatic carboxylic acids is 1. The normalized spacial score (nSPS) is 10.2. The second-order valence-corrected chi connectivity index (χ2v) is 4.65. The Bertz CT molecular complexity index is 584. The topological polar surface area (TPSA) is 54.4 Å². The number of benzene rings is 1. The maximum atomic E-state index is 11.5. The molecule has 17 heavy (non-hydrogen) atoms. The van der Waals surface area contributed by atoms with E-state index in [0.29, 0.717) is 5.56 Å². The molecule has 3 nitrogen and oxygen atoms in total. The number of carbonyl (C=O) groups excluding carboxylic acids is 1. The van der Waals surface area contributed by atoms with Crippen LogP contribution < -0.4 is 0 Å². The summed E-state index contributed by atoms with van der Waals surface area (Å²) in [6, 6.07) is 10.5. The number of Topliss-reactive ketones (excluding diaryl/α,β-unsaturated/α-hetero) is 1. The molecule has 0 atom stereocenters. The largest absolute Gasteiger partial charge is 0.477 e. The summed E-state index contributed by atoms with van der Waals surface area (Å²) in [5, 5.41) is 8.87. The zero-order valence-corrected chi connectivity index (χ0v) is 9.95. The van der Waals surface area contributed by atoms with E-state index in [2.05, 4.69) is 0 Å². The van der Waals surface area contributed by atoms with Crippen LogP contribution >= 0.6 is 11.3 Å².